The number of thiazole rings is 1. The molecule has 0 aliphatic carbocycles. The fourth-order valence-corrected chi connectivity index (χ4v) is 4.37. The summed E-state index contributed by atoms with van der Waals surface area (Å²) in [6.07, 6.45) is -4.97. The van der Waals surface area contributed by atoms with E-state index in [1.807, 2.05) is 30.3 Å². The number of hydrogen-bond acceptors (Lipinski definition) is 7. The molecule has 2 aromatic rings. The van der Waals surface area contributed by atoms with E-state index in [0.29, 0.717) is 12.8 Å². The van der Waals surface area contributed by atoms with Crippen molar-refractivity contribution in [3.63, 3.8) is 0 Å². The van der Waals surface area contributed by atoms with Gasteiger partial charge in [-0.05, 0) is 38.2 Å². The van der Waals surface area contributed by atoms with Crippen LogP contribution in [0.5, 0.6) is 0 Å². The number of aromatic nitrogens is 1. The molecule has 0 aliphatic heterocycles. The quantitative estimate of drug-likeness (QED) is 0.178. The molecule has 0 bridgehead atoms. The van der Waals surface area contributed by atoms with Crippen LogP contribution in [0.3, 0.4) is 0 Å². The average molecular weight is 545 g/mol. The molecule has 0 radical (unpaired) electrons. The van der Waals surface area contributed by atoms with Crippen molar-refractivity contribution in [3.8, 4) is 0 Å². The van der Waals surface area contributed by atoms with E-state index in [4.69, 9.17) is 4.74 Å². The second-order valence-corrected chi connectivity index (χ2v) is 9.34. The topological polar surface area (TPSA) is 121 Å². The Morgan fingerprint density at radius 3 is 2.49 bits per heavy atom. The maximum absolute atomic E-state index is 13.4. The number of hydroxylamine groups is 2. The molecule has 0 spiro atoms. The molecule has 4 atom stereocenters. The van der Waals surface area contributed by atoms with Crippen molar-refractivity contribution in [3.05, 3.63) is 47.5 Å². The van der Waals surface area contributed by atoms with E-state index in [0.717, 1.165) is 16.9 Å². The maximum atomic E-state index is 13.4. The first-order valence-corrected chi connectivity index (χ1v) is 12.5. The summed E-state index contributed by atoms with van der Waals surface area (Å²) < 4.78 is 44.3. The number of hydrogen-bond donors (Lipinski definition) is 3. The first-order valence-electron chi connectivity index (χ1n) is 11.6. The highest BCUT2D eigenvalue weighted by atomic mass is 32.1. The molecule has 3 amide bonds. The highest BCUT2D eigenvalue weighted by Gasteiger charge is 2.38. The molecule has 0 unspecified atom stereocenters. The van der Waals surface area contributed by atoms with Crippen LogP contribution in [-0.4, -0.2) is 65.0 Å². The monoisotopic (exact) mass is 544 g/mol. The molecule has 1 aromatic heterocycles. The Hall–Kier alpha value is -3.03. The number of nitrogens with one attached hydrogen (secondary N) is 2. The van der Waals surface area contributed by atoms with Gasteiger partial charge in [0, 0.05) is 25.1 Å². The number of alkyl halides is 3. The minimum absolute atomic E-state index is 0.0249. The average Bonchev–Trinajstić information content (AvgIpc) is 3.38. The molecule has 0 aliphatic rings. The van der Waals surface area contributed by atoms with Gasteiger partial charge in [-0.25, -0.2) is 10.0 Å². The van der Waals surface area contributed by atoms with Gasteiger partial charge in [0.05, 0.1) is 18.1 Å². The van der Waals surface area contributed by atoms with Crippen LogP contribution in [0.25, 0.3) is 0 Å². The van der Waals surface area contributed by atoms with Crippen molar-refractivity contribution in [1.82, 2.24) is 15.4 Å². The Kier molecular flexibility index (Phi) is 12.0. The molecule has 13 heteroatoms. The van der Waals surface area contributed by atoms with Crippen molar-refractivity contribution < 1.29 is 37.5 Å². The van der Waals surface area contributed by atoms with E-state index < -0.39 is 54.9 Å². The molecule has 0 saturated heterocycles. The molecule has 0 saturated carbocycles. The van der Waals surface area contributed by atoms with E-state index in [-0.39, 0.29) is 23.0 Å². The third-order valence-corrected chi connectivity index (χ3v) is 6.57. The van der Waals surface area contributed by atoms with E-state index in [2.05, 4.69) is 15.6 Å². The van der Waals surface area contributed by atoms with Gasteiger partial charge in [0.1, 0.15) is 6.04 Å². The van der Waals surface area contributed by atoms with Gasteiger partial charge in [0.15, 0.2) is 5.13 Å². The number of aryl methyl sites for hydroxylation is 1. The molecule has 204 valence electrons. The smallest absolute Gasteiger partial charge is 0.379 e. The summed E-state index contributed by atoms with van der Waals surface area (Å²) in [4.78, 5) is 41.6. The van der Waals surface area contributed by atoms with E-state index in [1.165, 1.54) is 13.3 Å². The van der Waals surface area contributed by atoms with Gasteiger partial charge in [-0.2, -0.15) is 13.2 Å². The highest BCUT2D eigenvalue weighted by Crippen LogP contribution is 2.28. The number of amides is 3. The van der Waals surface area contributed by atoms with E-state index in [1.54, 1.807) is 12.3 Å². The van der Waals surface area contributed by atoms with E-state index in [9.17, 15) is 32.8 Å². The molecule has 1 heterocycles. The van der Waals surface area contributed by atoms with E-state index >= 15 is 0 Å². The zero-order chi connectivity index (χ0) is 27.4. The summed E-state index contributed by atoms with van der Waals surface area (Å²) in [5.41, 5.74) is 0.957. The Bertz CT molecular complexity index is 979. The van der Waals surface area contributed by atoms with Crippen LogP contribution in [0.2, 0.25) is 0 Å². The van der Waals surface area contributed by atoms with Crippen molar-refractivity contribution in [1.29, 1.82) is 0 Å². The lowest BCUT2D eigenvalue weighted by molar-refractivity contribution is -0.178. The number of benzene rings is 1. The normalized spacial score (nSPS) is 14.8. The second kappa shape index (κ2) is 14.6. The Morgan fingerprint density at radius 1 is 1.22 bits per heavy atom. The number of rotatable bonds is 15. The third-order valence-electron chi connectivity index (χ3n) is 5.88. The maximum Gasteiger partial charge on any atom is 0.389 e. The molecule has 9 nitrogen and oxygen atoms in total. The zero-order valence-corrected chi connectivity index (χ0v) is 21.3. The van der Waals surface area contributed by atoms with Gasteiger partial charge >= 0.3 is 6.18 Å². The number of nitrogens with zero attached hydrogens (tertiary/aromatic N) is 2. The molecule has 3 N–H and O–H groups in total. The number of methoxy groups -OCH3 is 1. The molecule has 1 aromatic carbocycles. The summed E-state index contributed by atoms with van der Waals surface area (Å²) >= 11 is 1.16. The summed E-state index contributed by atoms with van der Waals surface area (Å²) in [7, 11) is 1.34. The van der Waals surface area contributed by atoms with Crippen LogP contribution < -0.4 is 10.6 Å². The molecular formula is C24H31F3N4O5S. The largest absolute Gasteiger partial charge is 0.389 e. The fourth-order valence-electron chi connectivity index (χ4n) is 3.84. The van der Waals surface area contributed by atoms with Crippen LogP contribution in [0.15, 0.2) is 41.9 Å². The summed E-state index contributed by atoms with van der Waals surface area (Å²) in [5.74, 6) is -2.66. The number of halogens is 3. The van der Waals surface area contributed by atoms with Crippen LogP contribution in [-0.2, 0) is 25.5 Å². The Morgan fingerprint density at radius 2 is 1.92 bits per heavy atom. The number of anilines is 1. The lowest BCUT2D eigenvalue weighted by atomic mass is 9.88. The van der Waals surface area contributed by atoms with Gasteiger partial charge in [-0.3, -0.25) is 19.6 Å². The van der Waals surface area contributed by atoms with Gasteiger partial charge in [-0.1, -0.05) is 30.3 Å². The first kappa shape index (κ1) is 30.2. The van der Waals surface area contributed by atoms with Crippen molar-refractivity contribution in [2.45, 2.75) is 63.4 Å². The van der Waals surface area contributed by atoms with Crippen LogP contribution in [0.1, 0.15) is 38.2 Å². The minimum Gasteiger partial charge on any atom is -0.379 e. The molecule has 37 heavy (non-hydrogen) atoms. The Balaban J connectivity index is 2.26. The standard InChI is InChI=1S/C24H31F3N4O5S/c1-16(36-2)20(22(34)30-23-28-13-14-37-23)29-21(33)18(10-6-9-17-7-4-3-5-8-17)19(31(35)15-32)11-12-24(25,26)27/h3-5,7-8,13-16,18-20,35H,6,9-12H2,1-2H3,(H,29,33)(H,28,30,34)/t16-,18-,19+,20+/m1/s1. The predicted molar refractivity (Wildman–Crippen MR) is 131 cm³/mol. The van der Waals surface area contributed by atoms with Crippen LogP contribution in [0.4, 0.5) is 18.3 Å². The lowest BCUT2D eigenvalue weighted by Gasteiger charge is -2.32. The second-order valence-electron chi connectivity index (χ2n) is 8.44. The third kappa shape index (κ3) is 10.1. The van der Waals surface area contributed by atoms with Gasteiger partial charge in [-0.15, -0.1) is 11.3 Å². The summed E-state index contributed by atoms with van der Waals surface area (Å²) in [5, 5.41) is 17.3. The number of ether oxygens (including phenoxy) is 1. The van der Waals surface area contributed by atoms with Crippen molar-refractivity contribution in [2.75, 3.05) is 12.4 Å². The lowest BCUT2D eigenvalue weighted by Crippen LogP contribution is -2.55. The van der Waals surface area contributed by atoms with Gasteiger partial charge in [0.25, 0.3) is 5.91 Å². The van der Waals surface area contributed by atoms with Crippen molar-refractivity contribution in [2.24, 2.45) is 5.92 Å². The summed E-state index contributed by atoms with van der Waals surface area (Å²) in [6, 6.07) is 6.59. The van der Waals surface area contributed by atoms with Gasteiger partial charge in [0.2, 0.25) is 12.3 Å². The highest BCUT2D eigenvalue weighted by molar-refractivity contribution is 7.13. The molecule has 0 fully saturated rings. The van der Waals surface area contributed by atoms with Crippen LogP contribution in [0, 0.1) is 5.92 Å². The fraction of sp³-hybridized carbons (Fsp3) is 0.500. The molecular weight excluding hydrogens is 513 g/mol. The summed E-state index contributed by atoms with van der Waals surface area (Å²) in [6.45, 7) is 1.54. The van der Waals surface area contributed by atoms with Gasteiger partial charge < -0.3 is 15.4 Å². The number of carbonyl (C=O) groups excluding carboxylic acids is 3. The van der Waals surface area contributed by atoms with Crippen molar-refractivity contribution >= 4 is 34.7 Å². The van der Waals surface area contributed by atoms with Crippen LogP contribution >= 0.6 is 11.3 Å². The Labute approximate surface area is 217 Å². The first-order chi connectivity index (χ1) is 17.6. The minimum atomic E-state index is -4.56. The number of carbonyl (C=O) groups is 3. The molecule has 2 rings (SSSR count). The zero-order valence-electron chi connectivity index (χ0n) is 20.5. The predicted octanol–water partition coefficient (Wildman–Crippen LogP) is 3.80. The SMILES string of the molecule is CO[C@H](C)[C@H](NC(=O)[C@H](CCCc1ccccc1)[C@H](CCC(F)(F)F)N(O)C=O)C(=O)Nc1nccs1.